The van der Waals surface area contributed by atoms with Gasteiger partial charge in [0.25, 0.3) is 5.91 Å². The van der Waals surface area contributed by atoms with Crippen LogP contribution in [0.1, 0.15) is 29.3 Å². The Kier molecular flexibility index (Phi) is 7.84. The molecule has 27 heavy (non-hydrogen) atoms. The number of hydrogen-bond acceptors (Lipinski definition) is 5. The summed E-state index contributed by atoms with van der Waals surface area (Å²) >= 11 is 0. The number of hydrogen-bond donors (Lipinski definition) is 2. The van der Waals surface area contributed by atoms with Crippen molar-refractivity contribution in [1.29, 1.82) is 0 Å². The number of methoxy groups -OCH3 is 1. The molecule has 2 N–H and O–H groups in total. The van der Waals surface area contributed by atoms with Gasteiger partial charge in [0, 0.05) is 24.1 Å². The number of benzene rings is 2. The second-order valence-corrected chi connectivity index (χ2v) is 5.50. The van der Waals surface area contributed by atoms with Gasteiger partial charge in [-0.25, -0.2) is 5.43 Å². The van der Waals surface area contributed by atoms with E-state index in [4.69, 9.17) is 9.47 Å². The number of ether oxygens (including phenoxy) is 2. The summed E-state index contributed by atoms with van der Waals surface area (Å²) in [6, 6.07) is 14.1. The van der Waals surface area contributed by atoms with Crippen molar-refractivity contribution >= 4 is 18.0 Å². The standard InChI is InChI=1S/C20H23N3O4/c1-3-27-18-7-5-4-6-16(18)14-22-23-19(24)12-13-21-20(25)15-8-10-17(26-2)11-9-15/h4-11,14H,3,12-13H2,1-2H3,(H,21,25)(H,23,24). The van der Waals surface area contributed by atoms with Crippen LogP contribution in [0.2, 0.25) is 0 Å². The van der Waals surface area contributed by atoms with Gasteiger partial charge >= 0.3 is 0 Å². The summed E-state index contributed by atoms with van der Waals surface area (Å²) in [7, 11) is 1.56. The van der Waals surface area contributed by atoms with Gasteiger partial charge in [0.15, 0.2) is 0 Å². The molecule has 0 radical (unpaired) electrons. The van der Waals surface area contributed by atoms with Crippen LogP contribution in [0.25, 0.3) is 0 Å². The van der Waals surface area contributed by atoms with Crippen LogP contribution in [-0.4, -0.2) is 38.3 Å². The highest BCUT2D eigenvalue weighted by Crippen LogP contribution is 2.15. The zero-order valence-corrected chi connectivity index (χ0v) is 15.4. The molecule has 0 saturated heterocycles. The van der Waals surface area contributed by atoms with Gasteiger partial charge in [-0.2, -0.15) is 5.10 Å². The Bertz CT molecular complexity index is 788. The normalized spacial score (nSPS) is 10.4. The average Bonchev–Trinajstić information content (AvgIpc) is 2.69. The van der Waals surface area contributed by atoms with Crippen LogP contribution in [0.5, 0.6) is 11.5 Å². The van der Waals surface area contributed by atoms with Gasteiger partial charge < -0.3 is 14.8 Å². The van der Waals surface area contributed by atoms with E-state index in [9.17, 15) is 9.59 Å². The predicted molar refractivity (Wildman–Crippen MR) is 103 cm³/mol. The van der Waals surface area contributed by atoms with Crippen LogP contribution in [0, 0.1) is 0 Å². The number of carbonyl (C=O) groups is 2. The quantitative estimate of drug-likeness (QED) is 0.525. The second kappa shape index (κ2) is 10.6. The van der Waals surface area contributed by atoms with Crippen LogP contribution in [0.15, 0.2) is 53.6 Å². The van der Waals surface area contributed by atoms with Crippen LogP contribution >= 0.6 is 0 Å². The first-order valence-electron chi connectivity index (χ1n) is 8.60. The number of para-hydroxylation sites is 1. The summed E-state index contributed by atoms with van der Waals surface area (Å²) in [6.07, 6.45) is 1.64. The molecule has 2 amide bonds. The maximum Gasteiger partial charge on any atom is 0.251 e. The fraction of sp³-hybridized carbons (Fsp3) is 0.250. The van der Waals surface area contributed by atoms with Gasteiger partial charge in [-0.1, -0.05) is 12.1 Å². The SMILES string of the molecule is CCOc1ccccc1C=NNC(=O)CCNC(=O)c1ccc(OC)cc1. The van der Waals surface area contributed by atoms with Crippen molar-refractivity contribution in [2.45, 2.75) is 13.3 Å². The minimum absolute atomic E-state index is 0.117. The third kappa shape index (κ3) is 6.47. The lowest BCUT2D eigenvalue weighted by Gasteiger charge is -2.06. The maximum absolute atomic E-state index is 12.0. The van der Waals surface area contributed by atoms with E-state index in [0.29, 0.717) is 23.7 Å². The molecule has 0 aliphatic carbocycles. The third-order valence-corrected chi connectivity index (χ3v) is 3.60. The lowest BCUT2D eigenvalue weighted by Crippen LogP contribution is -2.29. The van der Waals surface area contributed by atoms with Crippen molar-refractivity contribution in [3.63, 3.8) is 0 Å². The minimum Gasteiger partial charge on any atom is -0.497 e. The topological polar surface area (TPSA) is 89.0 Å². The molecular weight excluding hydrogens is 346 g/mol. The van der Waals surface area contributed by atoms with E-state index in [2.05, 4.69) is 15.8 Å². The van der Waals surface area contributed by atoms with E-state index in [1.807, 2.05) is 31.2 Å². The molecule has 0 spiro atoms. The lowest BCUT2D eigenvalue weighted by atomic mass is 10.2. The molecule has 2 aromatic carbocycles. The van der Waals surface area contributed by atoms with Crippen molar-refractivity contribution in [2.24, 2.45) is 5.10 Å². The summed E-state index contributed by atoms with van der Waals surface area (Å²) in [5, 5.41) is 6.62. The zero-order chi connectivity index (χ0) is 19.5. The van der Waals surface area contributed by atoms with E-state index in [-0.39, 0.29) is 24.8 Å². The summed E-state index contributed by atoms with van der Waals surface area (Å²) in [4.78, 5) is 23.8. The molecule has 7 heteroatoms. The lowest BCUT2D eigenvalue weighted by molar-refractivity contribution is -0.120. The Morgan fingerprint density at radius 3 is 2.56 bits per heavy atom. The monoisotopic (exact) mass is 369 g/mol. The second-order valence-electron chi connectivity index (χ2n) is 5.50. The molecule has 0 fully saturated rings. The first kappa shape index (κ1) is 20.0. The van der Waals surface area contributed by atoms with E-state index >= 15 is 0 Å². The molecule has 2 rings (SSSR count). The Morgan fingerprint density at radius 2 is 1.85 bits per heavy atom. The zero-order valence-electron chi connectivity index (χ0n) is 15.4. The fourth-order valence-corrected chi connectivity index (χ4v) is 2.24. The summed E-state index contributed by atoms with van der Waals surface area (Å²) in [5.74, 6) is 0.828. The number of nitrogens with one attached hydrogen (secondary N) is 2. The Labute approximate surface area is 158 Å². The summed E-state index contributed by atoms with van der Waals surface area (Å²) in [6.45, 7) is 2.66. The molecule has 2 aromatic rings. The molecule has 0 aliphatic rings. The van der Waals surface area contributed by atoms with Gasteiger partial charge in [0.2, 0.25) is 5.91 Å². The first-order valence-corrected chi connectivity index (χ1v) is 8.60. The fourth-order valence-electron chi connectivity index (χ4n) is 2.24. The molecule has 0 unspecified atom stereocenters. The molecule has 0 atom stereocenters. The molecule has 0 aliphatic heterocycles. The van der Waals surface area contributed by atoms with E-state index in [0.717, 1.165) is 5.56 Å². The van der Waals surface area contributed by atoms with Gasteiger partial charge in [-0.3, -0.25) is 9.59 Å². The number of nitrogens with zero attached hydrogens (tertiary/aromatic N) is 1. The highest BCUT2D eigenvalue weighted by molar-refractivity contribution is 5.94. The number of carbonyl (C=O) groups excluding carboxylic acids is 2. The van der Waals surface area contributed by atoms with Crippen molar-refractivity contribution in [3.8, 4) is 11.5 Å². The highest BCUT2D eigenvalue weighted by atomic mass is 16.5. The van der Waals surface area contributed by atoms with Crippen LogP contribution in [0.4, 0.5) is 0 Å². The first-order chi connectivity index (χ1) is 13.1. The Balaban J connectivity index is 1.75. The van der Waals surface area contributed by atoms with Crippen molar-refractivity contribution < 1.29 is 19.1 Å². The molecule has 0 saturated carbocycles. The molecule has 0 aromatic heterocycles. The molecule has 142 valence electrons. The Hall–Kier alpha value is -3.35. The molecule has 0 heterocycles. The largest absolute Gasteiger partial charge is 0.497 e. The number of hydrazone groups is 1. The van der Waals surface area contributed by atoms with Gasteiger partial charge in [-0.15, -0.1) is 0 Å². The van der Waals surface area contributed by atoms with E-state index < -0.39 is 0 Å². The molecule has 7 nitrogen and oxygen atoms in total. The highest BCUT2D eigenvalue weighted by Gasteiger charge is 2.06. The minimum atomic E-state index is -0.296. The summed E-state index contributed by atoms with van der Waals surface area (Å²) in [5.41, 5.74) is 3.71. The van der Waals surface area contributed by atoms with Gasteiger partial charge in [0.1, 0.15) is 11.5 Å². The number of amides is 2. The van der Waals surface area contributed by atoms with Gasteiger partial charge in [0.05, 0.1) is 19.9 Å². The maximum atomic E-state index is 12.0. The third-order valence-electron chi connectivity index (χ3n) is 3.60. The number of rotatable bonds is 9. The predicted octanol–water partition coefficient (Wildman–Crippen LogP) is 2.36. The van der Waals surface area contributed by atoms with Crippen molar-refractivity contribution in [2.75, 3.05) is 20.3 Å². The van der Waals surface area contributed by atoms with Crippen LogP contribution < -0.4 is 20.2 Å². The molecular formula is C20H23N3O4. The van der Waals surface area contributed by atoms with E-state index in [1.165, 1.54) is 6.21 Å². The smallest absolute Gasteiger partial charge is 0.251 e. The Morgan fingerprint density at radius 1 is 1.11 bits per heavy atom. The van der Waals surface area contributed by atoms with Gasteiger partial charge in [-0.05, 0) is 43.3 Å². The van der Waals surface area contributed by atoms with E-state index in [1.54, 1.807) is 31.4 Å². The van der Waals surface area contributed by atoms with Crippen LogP contribution in [0.3, 0.4) is 0 Å². The van der Waals surface area contributed by atoms with Crippen LogP contribution in [-0.2, 0) is 4.79 Å². The van der Waals surface area contributed by atoms with Crippen molar-refractivity contribution in [1.82, 2.24) is 10.7 Å². The summed E-state index contributed by atoms with van der Waals surface area (Å²) < 4.78 is 10.5. The van der Waals surface area contributed by atoms with Crippen molar-refractivity contribution in [3.05, 3.63) is 59.7 Å². The molecule has 0 bridgehead atoms. The average molecular weight is 369 g/mol.